The van der Waals surface area contributed by atoms with E-state index in [1.807, 2.05) is 45.0 Å². The van der Waals surface area contributed by atoms with Crippen LogP contribution in [-0.2, 0) is 14.3 Å². The van der Waals surface area contributed by atoms with E-state index in [4.69, 9.17) is 8.92 Å². The minimum absolute atomic E-state index is 0.204. The molecule has 0 spiro atoms. The van der Waals surface area contributed by atoms with Crippen LogP contribution in [0.2, 0.25) is 0 Å². The maximum atomic E-state index is 10.8. The third-order valence-corrected chi connectivity index (χ3v) is 2.52. The third kappa shape index (κ3) is 8.08. The van der Waals surface area contributed by atoms with Gasteiger partial charge in [0.2, 0.25) is 0 Å². The Morgan fingerprint density at radius 2 is 1.67 bits per heavy atom. The zero-order valence-electron chi connectivity index (χ0n) is 11.6. The summed E-state index contributed by atoms with van der Waals surface area (Å²) in [6.45, 7) is 7.84. The first-order valence-electron chi connectivity index (χ1n) is 5.94. The van der Waals surface area contributed by atoms with Crippen molar-refractivity contribution in [2.45, 2.75) is 33.8 Å². The summed E-state index contributed by atoms with van der Waals surface area (Å²) in [7, 11) is -3.41. The van der Waals surface area contributed by atoms with Crippen LogP contribution in [0.1, 0.15) is 26.3 Å². The molecular weight excluding hydrogens is 252 g/mol. The second-order valence-electron chi connectivity index (χ2n) is 3.74. The molecule has 0 N–H and O–H groups in total. The molecule has 1 atom stereocenters. The summed E-state index contributed by atoms with van der Waals surface area (Å²) < 4.78 is 31.7. The van der Waals surface area contributed by atoms with Crippen molar-refractivity contribution >= 4 is 10.1 Å². The number of ether oxygens (including phenoxy) is 1. The van der Waals surface area contributed by atoms with Crippen LogP contribution in [0.4, 0.5) is 0 Å². The van der Waals surface area contributed by atoms with E-state index < -0.39 is 16.2 Å². The Morgan fingerprint density at radius 1 is 1.17 bits per heavy atom. The predicted octanol–water partition coefficient (Wildman–Crippen LogP) is 2.76. The monoisotopic (exact) mass is 274 g/mol. The molecule has 0 aliphatic heterocycles. The molecular formula is C13H22O4S. The third-order valence-electron chi connectivity index (χ3n) is 1.84. The Hall–Kier alpha value is -1.07. The second-order valence-corrected chi connectivity index (χ2v) is 5.34. The highest BCUT2D eigenvalue weighted by Gasteiger charge is 2.10. The highest BCUT2D eigenvalue weighted by molar-refractivity contribution is 7.86. The van der Waals surface area contributed by atoms with Gasteiger partial charge in [0.15, 0.2) is 0 Å². The second kappa shape index (κ2) is 8.11. The molecule has 1 rings (SSSR count). The molecule has 18 heavy (non-hydrogen) atoms. The Kier molecular flexibility index (Phi) is 7.62. The van der Waals surface area contributed by atoms with Gasteiger partial charge < -0.3 is 4.74 Å². The van der Waals surface area contributed by atoms with Gasteiger partial charge in [0.1, 0.15) is 18.5 Å². The molecule has 104 valence electrons. The maximum absolute atomic E-state index is 10.8. The number of rotatable bonds is 5. The van der Waals surface area contributed by atoms with Crippen molar-refractivity contribution in [2.24, 2.45) is 0 Å². The Bertz CT molecular complexity index is 423. The van der Waals surface area contributed by atoms with Gasteiger partial charge in [0.05, 0.1) is 6.26 Å². The van der Waals surface area contributed by atoms with Crippen molar-refractivity contribution in [3.8, 4) is 5.75 Å². The fraction of sp³-hybridized carbons (Fsp3) is 0.538. The fourth-order valence-electron chi connectivity index (χ4n) is 1.17. The van der Waals surface area contributed by atoms with Crippen LogP contribution in [0, 0.1) is 6.92 Å². The Morgan fingerprint density at radius 3 is 2.11 bits per heavy atom. The van der Waals surface area contributed by atoms with Crippen LogP contribution in [0.15, 0.2) is 24.3 Å². The smallest absolute Gasteiger partial charge is 0.264 e. The lowest BCUT2D eigenvalue weighted by Gasteiger charge is -2.12. The van der Waals surface area contributed by atoms with E-state index >= 15 is 0 Å². The summed E-state index contributed by atoms with van der Waals surface area (Å²) in [5, 5.41) is 0. The van der Waals surface area contributed by atoms with Crippen LogP contribution >= 0.6 is 0 Å². The molecule has 0 aromatic heterocycles. The average Bonchev–Trinajstić information content (AvgIpc) is 2.29. The van der Waals surface area contributed by atoms with Gasteiger partial charge >= 0.3 is 0 Å². The van der Waals surface area contributed by atoms with E-state index in [0.717, 1.165) is 11.8 Å². The molecule has 0 saturated carbocycles. The lowest BCUT2D eigenvalue weighted by atomic mass is 10.2. The molecule has 1 aromatic carbocycles. The van der Waals surface area contributed by atoms with Crippen molar-refractivity contribution in [3.05, 3.63) is 29.8 Å². The molecule has 5 heteroatoms. The number of hydrogen-bond acceptors (Lipinski definition) is 4. The summed E-state index contributed by atoms with van der Waals surface area (Å²) >= 11 is 0. The highest BCUT2D eigenvalue weighted by Crippen LogP contribution is 2.12. The molecule has 4 nitrogen and oxygen atoms in total. The van der Waals surface area contributed by atoms with Crippen molar-refractivity contribution in [3.63, 3.8) is 0 Å². The lowest BCUT2D eigenvalue weighted by molar-refractivity contribution is 0.150. The van der Waals surface area contributed by atoms with E-state index in [-0.39, 0.29) is 6.61 Å². The van der Waals surface area contributed by atoms with Gasteiger partial charge in [-0.15, -0.1) is 0 Å². The predicted molar refractivity (Wildman–Crippen MR) is 73.4 cm³/mol. The molecule has 1 unspecified atom stereocenters. The topological polar surface area (TPSA) is 52.6 Å². The van der Waals surface area contributed by atoms with Gasteiger partial charge in [0.25, 0.3) is 10.1 Å². The standard InChI is InChI=1S/C11H16O4S.C2H6/c1-9-4-6-11(7-5-9)14-8-10(2)15-16(3,12)13;1-2/h4-7,10H,8H2,1-3H3;1-2H3. The molecule has 0 radical (unpaired) electrons. The molecule has 0 heterocycles. The van der Waals surface area contributed by atoms with Gasteiger partial charge in [0, 0.05) is 0 Å². The summed E-state index contributed by atoms with van der Waals surface area (Å²) in [4.78, 5) is 0. The highest BCUT2D eigenvalue weighted by atomic mass is 32.2. The summed E-state index contributed by atoms with van der Waals surface area (Å²) in [5.74, 6) is 0.703. The van der Waals surface area contributed by atoms with Crippen LogP contribution in [0.3, 0.4) is 0 Å². The van der Waals surface area contributed by atoms with Gasteiger partial charge in [-0.1, -0.05) is 31.5 Å². The summed E-state index contributed by atoms with van der Waals surface area (Å²) in [6.07, 6.45) is 0.534. The van der Waals surface area contributed by atoms with E-state index in [1.54, 1.807) is 6.92 Å². The summed E-state index contributed by atoms with van der Waals surface area (Å²) in [5.41, 5.74) is 1.15. The van der Waals surface area contributed by atoms with E-state index in [0.29, 0.717) is 5.75 Å². The zero-order chi connectivity index (χ0) is 14.2. The normalized spacial score (nSPS) is 12.3. The molecule has 0 fully saturated rings. The van der Waals surface area contributed by atoms with E-state index in [2.05, 4.69) is 0 Å². The largest absolute Gasteiger partial charge is 0.491 e. The van der Waals surface area contributed by atoms with Gasteiger partial charge in [-0.3, -0.25) is 4.18 Å². The zero-order valence-corrected chi connectivity index (χ0v) is 12.5. The van der Waals surface area contributed by atoms with E-state index in [9.17, 15) is 8.42 Å². The van der Waals surface area contributed by atoms with Gasteiger partial charge in [-0.25, -0.2) is 0 Å². The van der Waals surface area contributed by atoms with Crippen molar-refractivity contribution in [1.82, 2.24) is 0 Å². The number of aryl methyl sites for hydroxylation is 1. The first kappa shape index (κ1) is 16.9. The maximum Gasteiger partial charge on any atom is 0.264 e. The van der Waals surface area contributed by atoms with Crippen molar-refractivity contribution in [1.29, 1.82) is 0 Å². The fourth-order valence-corrected chi connectivity index (χ4v) is 1.83. The molecule has 1 aromatic rings. The molecule has 0 aliphatic carbocycles. The first-order chi connectivity index (χ1) is 8.37. The number of benzene rings is 1. The van der Waals surface area contributed by atoms with Gasteiger partial charge in [-0.05, 0) is 26.0 Å². The molecule has 0 saturated heterocycles. The molecule has 0 amide bonds. The minimum Gasteiger partial charge on any atom is -0.491 e. The quantitative estimate of drug-likeness (QED) is 0.775. The summed E-state index contributed by atoms with van der Waals surface area (Å²) in [6, 6.07) is 7.53. The first-order valence-corrected chi connectivity index (χ1v) is 7.76. The van der Waals surface area contributed by atoms with E-state index in [1.165, 1.54) is 0 Å². The van der Waals surface area contributed by atoms with Crippen LogP contribution < -0.4 is 4.74 Å². The van der Waals surface area contributed by atoms with Crippen molar-refractivity contribution in [2.75, 3.05) is 12.9 Å². The SMILES string of the molecule is CC.Cc1ccc(OCC(C)OS(C)(=O)=O)cc1. The van der Waals surface area contributed by atoms with Gasteiger partial charge in [-0.2, -0.15) is 8.42 Å². The Balaban J connectivity index is 0.00000137. The van der Waals surface area contributed by atoms with Crippen LogP contribution in [0.5, 0.6) is 5.75 Å². The van der Waals surface area contributed by atoms with Crippen LogP contribution in [0.25, 0.3) is 0 Å². The van der Waals surface area contributed by atoms with Crippen LogP contribution in [-0.4, -0.2) is 27.4 Å². The van der Waals surface area contributed by atoms with Crippen molar-refractivity contribution < 1.29 is 17.3 Å². The number of hydrogen-bond donors (Lipinski definition) is 0. The lowest BCUT2D eigenvalue weighted by Crippen LogP contribution is -2.21. The molecule has 0 bridgehead atoms. The Labute approximate surface area is 110 Å². The minimum atomic E-state index is -3.41. The average molecular weight is 274 g/mol. The molecule has 0 aliphatic rings.